The first-order valence-electron chi connectivity index (χ1n) is 8.47. The summed E-state index contributed by atoms with van der Waals surface area (Å²) in [6, 6.07) is 14.9. The first kappa shape index (κ1) is 20.4. The van der Waals surface area contributed by atoms with Crippen LogP contribution in [0.25, 0.3) is 0 Å². The van der Waals surface area contributed by atoms with Crippen LogP contribution in [0.5, 0.6) is 5.75 Å². The standard InChI is InChI=1S/C20H23N3O3S/c1-14(2)22-20(27)23-21-12-15-6-10-18(11-7-15)26-13-16-4-8-17(9-5-16)19(24)25-3/h4-12,14H,13H2,1-3H3,(H2,22,23,27)/b21-12+. The van der Waals surface area contributed by atoms with Crippen LogP contribution in [0.2, 0.25) is 0 Å². The molecule has 0 aromatic heterocycles. The molecule has 0 spiro atoms. The Balaban J connectivity index is 1.83. The number of nitrogens with zero attached hydrogens (tertiary/aromatic N) is 1. The Kier molecular flexibility index (Phi) is 7.76. The van der Waals surface area contributed by atoms with Gasteiger partial charge in [-0.15, -0.1) is 0 Å². The van der Waals surface area contributed by atoms with E-state index in [1.54, 1.807) is 18.3 Å². The number of nitrogens with one attached hydrogen (secondary N) is 2. The van der Waals surface area contributed by atoms with Crippen LogP contribution in [0.15, 0.2) is 53.6 Å². The Bertz CT molecular complexity index is 787. The lowest BCUT2D eigenvalue weighted by molar-refractivity contribution is 0.0600. The van der Waals surface area contributed by atoms with Crippen molar-refractivity contribution in [3.05, 3.63) is 65.2 Å². The maximum absolute atomic E-state index is 11.4. The number of hydrazone groups is 1. The highest BCUT2D eigenvalue weighted by molar-refractivity contribution is 7.80. The SMILES string of the molecule is COC(=O)c1ccc(COc2ccc(/C=N/NC(=S)NC(C)C)cc2)cc1. The number of ether oxygens (including phenoxy) is 2. The molecule has 0 heterocycles. The van der Waals surface area contributed by atoms with Gasteiger partial charge in [-0.25, -0.2) is 4.79 Å². The van der Waals surface area contributed by atoms with Crippen LogP contribution in [0.4, 0.5) is 0 Å². The quantitative estimate of drug-likeness (QED) is 0.330. The van der Waals surface area contributed by atoms with Crippen molar-refractivity contribution in [3.8, 4) is 5.75 Å². The van der Waals surface area contributed by atoms with Crippen LogP contribution in [0.1, 0.15) is 35.3 Å². The Labute approximate surface area is 164 Å². The number of hydrogen-bond acceptors (Lipinski definition) is 5. The number of thiocarbonyl (C=S) groups is 1. The van der Waals surface area contributed by atoms with E-state index in [-0.39, 0.29) is 12.0 Å². The molecule has 0 saturated heterocycles. The highest BCUT2D eigenvalue weighted by Gasteiger charge is 2.04. The third-order valence-electron chi connectivity index (χ3n) is 3.46. The van der Waals surface area contributed by atoms with Crippen LogP contribution in [0, 0.1) is 0 Å². The molecular weight excluding hydrogens is 362 g/mol. The normalized spacial score (nSPS) is 10.7. The fourth-order valence-electron chi connectivity index (χ4n) is 2.13. The second kappa shape index (κ2) is 10.3. The molecular formula is C20H23N3O3S. The monoisotopic (exact) mass is 385 g/mol. The van der Waals surface area contributed by atoms with Crippen molar-refractivity contribution >= 4 is 29.5 Å². The van der Waals surface area contributed by atoms with Gasteiger partial charge in [0.1, 0.15) is 12.4 Å². The molecule has 2 aromatic rings. The minimum absolute atomic E-state index is 0.258. The highest BCUT2D eigenvalue weighted by Crippen LogP contribution is 2.14. The molecule has 6 nitrogen and oxygen atoms in total. The maximum Gasteiger partial charge on any atom is 0.337 e. The molecule has 0 aliphatic carbocycles. The number of esters is 1. The van der Waals surface area contributed by atoms with Crippen molar-refractivity contribution in [3.63, 3.8) is 0 Å². The summed E-state index contributed by atoms with van der Waals surface area (Å²) >= 11 is 5.09. The van der Waals surface area contributed by atoms with Crippen molar-refractivity contribution in [2.75, 3.05) is 7.11 Å². The molecule has 0 saturated carbocycles. The summed E-state index contributed by atoms with van der Waals surface area (Å²) in [6.45, 7) is 4.42. The zero-order valence-corrected chi connectivity index (χ0v) is 16.4. The molecule has 0 unspecified atom stereocenters. The molecule has 2 N–H and O–H groups in total. The van der Waals surface area contributed by atoms with Gasteiger partial charge in [0.25, 0.3) is 0 Å². The van der Waals surface area contributed by atoms with Crippen molar-refractivity contribution in [1.29, 1.82) is 0 Å². The van der Waals surface area contributed by atoms with Gasteiger partial charge in [0.05, 0.1) is 18.9 Å². The molecule has 0 amide bonds. The van der Waals surface area contributed by atoms with Crippen molar-refractivity contribution in [1.82, 2.24) is 10.7 Å². The summed E-state index contributed by atoms with van der Waals surface area (Å²) in [6.07, 6.45) is 1.68. The number of carbonyl (C=O) groups excluding carboxylic acids is 1. The molecule has 0 radical (unpaired) electrons. The van der Waals surface area contributed by atoms with Gasteiger partial charge in [0.2, 0.25) is 0 Å². The van der Waals surface area contributed by atoms with E-state index in [4.69, 9.17) is 17.0 Å². The average Bonchev–Trinajstić information content (AvgIpc) is 2.66. The van der Waals surface area contributed by atoms with Crippen LogP contribution >= 0.6 is 12.2 Å². The third-order valence-corrected chi connectivity index (χ3v) is 3.67. The summed E-state index contributed by atoms with van der Waals surface area (Å²) in [5.41, 5.74) is 5.16. The fourth-order valence-corrected chi connectivity index (χ4v) is 2.42. The second-order valence-corrected chi connectivity index (χ2v) is 6.45. The van der Waals surface area contributed by atoms with E-state index < -0.39 is 0 Å². The van der Waals surface area contributed by atoms with Gasteiger partial charge in [0.15, 0.2) is 5.11 Å². The molecule has 2 rings (SSSR count). The maximum atomic E-state index is 11.4. The van der Waals surface area contributed by atoms with E-state index in [0.717, 1.165) is 16.9 Å². The largest absolute Gasteiger partial charge is 0.489 e. The lowest BCUT2D eigenvalue weighted by atomic mass is 10.1. The molecule has 142 valence electrons. The summed E-state index contributed by atoms with van der Waals surface area (Å²) < 4.78 is 10.4. The van der Waals surface area contributed by atoms with Crippen LogP contribution in [0.3, 0.4) is 0 Å². The van der Waals surface area contributed by atoms with E-state index in [9.17, 15) is 4.79 Å². The smallest absolute Gasteiger partial charge is 0.337 e. The van der Waals surface area contributed by atoms with Gasteiger partial charge >= 0.3 is 5.97 Å². The predicted molar refractivity (Wildman–Crippen MR) is 110 cm³/mol. The number of benzene rings is 2. The lowest BCUT2D eigenvalue weighted by Gasteiger charge is -2.09. The fraction of sp³-hybridized carbons (Fsp3) is 0.250. The first-order valence-corrected chi connectivity index (χ1v) is 8.88. The van der Waals surface area contributed by atoms with E-state index >= 15 is 0 Å². The molecule has 0 aliphatic heterocycles. The number of rotatable bonds is 7. The molecule has 0 aliphatic rings. The Morgan fingerprint density at radius 3 is 2.41 bits per heavy atom. The number of methoxy groups -OCH3 is 1. The number of carbonyl (C=O) groups is 1. The number of hydrogen-bond donors (Lipinski definition) is 2. The first-order chi connectivity index (χ1) is 13.0. The topological polar surface area (TPSA) is 72.0 Å². The van der Waals surface area contributed by atoms with Crippen molar-refractivity contribution in [2.24, 2.45) is 5.10 Å². The second-order valence-electron chi connectivity index (χ2n) is 6.04. The van der Waals surface area contributed by atoms with Crippen molar-refractivity contribution < 1.29 is 14.3 Å². The average molecular weight is 385 g/mol. The lowest BCUT2D eigenvalue weighted by Crippen LogP contribution is -2.36. The zero-order chi connectivity index (χ0) is 19.6. The Morgan fingerprint density at radius 2 is 1.81 bits per heavy atom. The summed E-state index contributed by atoms with van der Waals surface area (Å²) in [7, 11) is 1.36. The molecule has 0 bridgehead atoms. The van der Waals surface area contributed by atoms with Gasteiger partial charge in [-0.2, -0.15) is 5.10 Å². The molecule has 27 heavy (non-hydrogen) atoms. The minimum Gasteiger partial charge on any atom is -0.489 e. The van der Waals surface area contributed by atoms with Crippen LogP contribution < -0.4 is 15.5 Å². The van der Waals surface area contributed by atoms with E-state index in [1.165, 1.54) is 7.11 Å². The summed E-state index contributed by atoms with van der Waals surface area (Å²) in [5.74, 6) is 0.393. The summed E-state index contributed by atoms with van der Waals surface area (Å²) in [5, 5.41) is 7.62. The molecule has 7 heteroatoms. The van der Waals surface area contributed by atoms with Crippen LogP contribution in [-0.2, 0) is 11.3 Å². The molecule has 0 fully saturated rings. The van der Waals surface area contributed by atoms with Crippen molar-refractivity contribution in [2.45, 2.75) is 26.5 Å². The van der Waals surface area contributed by atoms with Gasteiger partial charge in [-0.1, -0.05) is 12.1 Å². The molecule has 2 aromatic carbocycles. The predicted octanol–water partition coefficient (Wildman–Crippen LogP) is 3.26. The minimum atomic E-state index is -0.352. The third kappa shape index (κ3) is 7.07. The zero-order valence-electron chi connectivity index (χ0n) is 15.6. The Hall–Kier alpha value is -2.93. The van der Waals surface area contributed by atoms with E-state index in [0.29, 0.717) is 17.3 Å². The summed E-state index contributed by atoms with van der Waals surface area (Å²) in [4.78, 5) is 11.4. The van der Waals surface area contributed by atoms with E-state index in [1.807, 2.05) is 50.2 Å². The van der Waals surface area contributed by atoms with Gasteiger partial charge < -0.3 is 14.8 Å². The molecule has 0 atom stereocenters. The van der Waals surface area contributed by atoms with Crippen LogP contribution in [-0.4, -0.2) is 30.4 Å². The Morgan fingerprint density at radius 1 is 1.15 bits per heavy atom. The highest BCUT2D eigenvalue weighted by atomic mass is 32.1. The van der Waals surface area contributed by atoms with Gasteiger partial charge in [0, 0.05) is 6.04 Å². The van der Waals surface area contributed by atoms with Gasteiger partial charge in [-0.05, 0) is 73.6 Å². The van der Waals surface area contributed by atoms with Gasteiger partial charge in [-0.3, -0.25) is 5.43 Å². The van der Waals surface area contributed by atoms with E-state index in [2.05, 4.69) is 20.6 Å².